The average Bonchev–Trinajstić information content (AvgIpc) is 3.44. The van der Waals surface area contributed by atoms with Crippen molar-refractivity contribution in [2.45, 2.75) is 51.4 Å². The van der Waals surface area contributed by atoms with Crippen LogP contribution in [0.3, 0.4) is 0 Å². The molecule has 0 amide bonds. The average molecular weight is 475 g/mol. The molecule has 166 valence electrons. The van der Waals surface area contributed by atoms with Crippen molar-refractivity contribution in [1.82, 2.24) is 0 Å². The molecule has 34 heavy (non-hydrogen) atoms. The Hall–Kier alpha value is -2.68. The Kier molecular flexibility index (Phi) is 4.27. The van der Waals surface area contributed by atoms with E-state index >= 15 is 0 Å². The van der Waals surface area contributed by atoms with Gasteiger partial charge in [-0.2, -0.15) is 0 Å². The van der Waals surface area contributed by atoms with Crippen molar-refractivity contribution in [3.63, 3.8) is 0 Å². The Morgan fingerprint density at radius 1 is 0.471 bits per heavy atom. The molecule has 4 aromatic carbocycles. The van der Waals surface area contributed by atoms with Gasteiger partial charge in [0.2, 0.25) is 0 Å². The lowest BCUT2D eigenvalue weighted by Gasteiger charge is -2.26. The molecule has 0 saturated heterocycles. The summed E-state index contributed by atoms with van der Waals surface area (Å²) < 4.78 is 5.82. The first kappa shape index (κ1) is 19.6. The zero-order valence-corrected chi connectivity index (χ0v) is 20.9. The van der Waals surface area contributed by atoms with Crippen LogP contribution in [0.1, 0.15) is 47.9 Å². The Morgan fingerprint density at radius 2 is 0.912 bits per heavy atom. The summed E-state index contributed by atoms with van der Waals surface area (Å²) in [5.41, 5.74) is 9.72. The maximum Gasteiger partial charge on any atom is 0.0364 e. The Balaban J connectivity index is 1.64. The van der Waals surface area contributed by atoms with E-state index in [-0.39, 0.29) is 0 Å². The van der Waals surface area contributed by atoms with Crippen LogP contribution < -0.4 is 0 Å². The molecule has 2 heterocycles. The fourth-order valence-corrected chi connectivity index (χ4v) is 9.12. The predicted molar refractivity (Wildman–Crippen MR) is 151 cm³/mol. The summed E-state index contributed by atoms with van der Waals surface area (Å²) in [5, 5.41) is 5.95. The van der Waals surface area contributed by atoms with E-state index in [9.17, 15) is 0 Å². The molecule has 0 bridgehead atoms. The molecule has 0 saturated carbocycles. The molecule has 0 aliphatic heterocycles. The fourth-order valence-electron chi connectivity index (χ4n) is 6.76. The second kappa shape index (κ2) is 7.41. The van der Waals surface area contributed by atoms with Gasteiger partial charge in [-0.15, -0.1) is 22.7 Å². The lowest BCUT2D eigenvalue weighted by atomic mass is 9.78. The highest BCUT2D eigenvalue weighted by molar-refractivity contribution is 7.26. The smallest absolute Gasteiger partial charge is 0.0364 e. The first-order valence-corrected chi connectivity index (χ1v) is 14.4. The molecule has 0 nitrogen and oxygen atoms in total. The number of fused-ring (bicyclic) bond motifs is 8. The lowest BCUT2D eigenvalue weighted by Crippen LogP contribution is -2.09. The van der Waals surface area contributed by atoms with Crippen LogP contribution in [-0.2, 0) is 25.7 Å². The summed E-state index contributed by atoms with van der Waals surface area (Å²) >= 11 is 3.99. The Bertz CT molecular complexity index is 1630. The van der Waals surface area contributed by atoms with E-state index in [4.69, 9.17) is 0 Å². The second-order valence-electron chi connectivity index (χ2n) is 10.1. The summed E-state index contributed by atoms with van der Waals surface area (Å²) in [6, 6.07) is 23.3. The van der Waals surface area contributed by atoms with Gasteiger partial charge in [0.05, 0.1) is 0 Å². The van der Waals surface area contributed by atoms with Crippen LogP contribution in [0.15, 0.2) is 60.7 Å². The summed E-state index contributed by atoms with van der Waals surface area (Å²) in [5.74, 6) is 0. The van der Waals surface area contributed by atoms with Crippen molar-refractivity contribution in [3.05, 3.63) is 82.9 Å². The topological polar surface area (TPSA) is 0 Å². The van der Waals surface area contributed by atoms with Gasteiger partial charge in [-0.3, -0.25) is 0 Å². The van der Waals surface area contributed by atoms with Gasteiger partial charge in [0.15, 0.2) is 0 Å². The fraction of sp³-hybridized carbons (Fsp3) is 0.250. The van der Waals surface area contributed by atoms with Crippen LogP contribution in [0.5, 0.6) is 0 Å². The van der Waals surface area contributed by atoms with Crippen molar-refractivity contribution in [2.75, 3.05) is 0 Å². The number of hydrogen-bond donors (Lipinski definition) is 0. The van der Waals surface area contributed by atoms with Crippen LogP contribution in [0, 0.1) is 0 Å². The zero-order chi connectivity index (χ0) is 22.2. The lowest BCUT2D eigenvalue weighted by molar-refractivity contribution is 0.683. The number of benzene rings is 4. The van der Waals surface area contributed by atoms with Gasteiger partial charge in [0.25, 0.3) is 0 Å². The molecular formula is C32H26S2. The van der Waals surface area contributed by atoms with Gasteiger partial charge < -0.3 is 0 Å². The molecule has 0 fully saturated rings. The minimum Gasteiger partial charge on any atom is -0.135 e. The maximum absolute atomic E-state index is 2.55. The van der Waals surface area contributed by atoms with Gasteiger partial charge in [0, 0.05) is 40.3 Å². The third kappa shape index (κ3) is 2.70. The molecule has 0 unspecified atom stereocenters. The molecule has 2 aliphatic rings. The molecule has 2 heteroatoms. The Morgan fingerprint density at radius 3 is 1.41 bits per heavy atom. The van der Waals surface area contributed by atoms with Gasteiger partial charge >= 0.3 is 0 Å². The molecule has 0 radical (unpaired) electrons. The molecule has 2 aromatic heterocycles. The van der Waals surface area contributed by atoms with E-state index in [0.717, 1.165) is 0 Å². The van der Waals surface area contributed by atoms with E-state index in [0.29, 0.717) is 0 Å². The van der Waals surface area contributed by atoms with Crippen molar-refractivity contribution < 1.29 is 0 Å². The normalized spacial score (nSPS) is 15.9. The number of aryl methyl sites for hydroxylation is 2. The summed E-state index contributed by atoms with van der Waals surface area (Å²) in [7, 11) is 0. The minimum atomic E-state index is 1.22. The predicted octanol–water partition coefficient (Wildman–Crippen LogP) is 9.85. The summed E-state index contributed by atoms with van der Waals surface area (Å²) in [6.45, 7) is 0. The SMILES string of the molecule is c1ccc2c(c1)sc1cc3c(c(-c4c5c(cc6sc7ccccc7c46)CCCC5)c12)CCCC3. The first-order chi connectivity index (χ1) is 16.9. The number of thiophene rings is 2. The van der Waals surface area contributed by atoms with Gasteiger partial charge in [-0.05, 0) is 109 Å². The number of hydrogen-bond acceptors (Lipinski definition) is 2. The van der Waals surface area contributed by atoms with Crippen LogP contribution in [-0.4, -0.2) is 0 Å². The van der Waals surface area contributed by atoms with Gasteiger partial charge in [-0.25, -0.2) is 0 Å². The highest BCUT2D eigenvalue weighted by atomic mass is 32.1. The van der Waals surface area contributed by atoms with Crippen LogP contribution in [0.2, 0.25) is 0 Å². The third-order valence-corrected chi connectivity index (χ3v) is 10.5. The largest absolute Gasteiger partial charge is 0.135 e. The van der Waals surface area contributed by atoms with Crippen molar-refractivity contribution in [3.8, 4) is 11.1 Å². The monoisotopic (exact) mass is 474 g/mol. The first-order valence-electron chi connectivity index (χ1n) is 12.8. The van der Waals surface area contributed by atoms with E-state index in [1.165, 1.54) is 91.7 Å². The summed E-state index contributed by atoms with van der Waals surface area (Å²) in [4.78, 5) is 0. The van der Waals surface area contributed by atoms with E-state index in [1.807, 2.05) is 22.7 Å². The molecule has 8 rings (SSSR count). The third-order valence-electron chi connectivity index (χ3n) is 8.23. The van der Waals surface area contributed by atoms with E-state index in [1.54, 1.807) is 33.4 Å². The molecule has 6 aromatic rings. The summed E-state index contributed by atoms with van der Waals surface area (Å²) in [6.07, 6.45) is 10.2. The maximum atomic E-state index is 2.55. The highest BCUT2D eigenvalue weighted by Crippen LogP contribution is 2.51. The van der Waals surface area contributed by atoms with Crippen molar-refractivity contribution in [1.29, 1.82) is 0 Å². The quantitative estimate of drug-likeness (QED) is 0.222. The minimum absolute atomic E-state index is 1.22. The molecular weight excluding hydrogens is 448 g/mol. The second-order valence-corrected chi connectivity index (χ2v) is 12.3. The zero-order valence-electron chi connectivity index (χ0n) is 19.2. The highest BCUT2D eigenvalue weighted by Gasteiger charge is 2.27. The molecule has 0 N–H and O–H groups in total. The van der Waals surface area contributed by atoms with Crippen molar-refractivity contribution in [2.24, 2.45) is 0 Å². The molecule has 0 spiro atoms. The van der Waals surface area contributed by atoms with Crippen LogP contribution in [0.25, 0.3) is 51.5 Å². The van der Waals surface area contributed by atoms with E-state index < -0.39 is 0 Å². The standard InChI is InChI=1S/C32H26S2/c1-3-11-21-19(9-1)17-27-29(23-13-5-7-15-25(23)33-27)31(21)32-22-12-4-2-10-20(22)18-28-30(32)24-14-6-8-16-26(24)34-28/h5-8,13-18H,1-4,9-12H2. The number of rotatable bonds is 1. The van der Waals surface area contributed by atoms with E-state index in [2.05, 4.69) is 60.7 Å². The Labute approximate surface area is 207 Å². The molecule has 0 atom stereocenters. The van der Waals surface area contributed by atoms with Crippen LogP contribution >= 0.6 is 22.7 Å². The molecule has 2 aliphatic carbocycles. The van der Waals surface area contributed by atoms with Crippen LogP contribution in [0.4, 0.5) is 0 Å². The van der Waals surface area contributed by atoms with Crippen molar-refractivity contribution >= 4 is 63.0 Å². The van der Waals surface area contributed by atoms with Gasteiger partial charge in [-0.1, -0.05) is 36.4 Å². The van der Waals surface area contributed by atoms with Gasteiger partial charge in [0.1, 0.15) is 0 Å².